The predicted octanol–water partition coefficient (Wildman–Crippen LogP) is 1.40. The number of anilines is 1. The summed E-state index contributed by atoms with van der Waals surface area (Å²) in [6.07, 6.45) is 7.86. The Morgan fingerprint density at radius 2 is 2.11 bits per heavy atom. The first-order valence-corrected chi connectivity index (χ1v) is 7.11. The van der Waals surface area contributed by atoms with Crippen molar-refractivity contribution >= 4 is 5.82 Å². The quantitative estimate of drug-likeness (QED) is 0.875. The molecule has 1 aromatic heterocycles. The van der Waals surface area contributed by atoms with Gasteiger partial charge in [0.2, 0.25) is 0 Å². The number of nitrogens with one attached hydrogen (secondary N) is 1. The maximum Gasteiger partial charge on any atom is 0.135 e. The SMILES string of the molecule is CNCC1CCN(c2ncnc3c2CCC3)CC1. The molecule has 4 heteroatoms. The molecule has 1 fully saturated rings. The standard InChI is InChI=1S/C14H22N4/c1-15-9-11-5-7-18(8-6-11)14-12-3-2-4-13(12)16-10-17-14/h10-11,15H,2-9H2,1H3. The van der Waals surface area contributed by atoms with Gasteiger partial charge in [0.1, 0.15) is 12.1 Å². The van der Waals surface area contributed by atoms with Crippen molar-refractivity contribution < 1.29 is 0 Å². The molecule has 18 heavy (non-hydrogen) atoms. The molecule has 0 unspecified atom stereocenters. The Hall–Kier alpha value is -1.16. The highest BCUT2D eigenvalue weighted by Crippen LogP contribution is 2.30. The Morgan fingerprint density at radius 3 is 2.89 bits per heavy atom. The van der Waals surface area contributed by atoms with Gasteiger partial charge in [-0.05, 0) is 51.6 Å². The maximum absolute atomic E-state index is 4.54. The van der Waals surface area contributed by atoms with Gasteiger partial charge in [-0.2, -0.15) is 0 Å². The van der Waals surface area contributed by atoms with Gasteiger partial charge in [0.05, 0.1) is 0 Å². The molecule has 0 bridgehead atoms. The molecule has 1 aliphatic carbocycles. The van der Waals surface area contributed by atoms with Crippen LogP contribution in [-0.2, 0) is 12.8 Å². The number of hydrogen-bond donors (Lipinski definition) is 1. The van der Waals surface area contributed by atoms with Crippen LogP contribution in [0.2, 0.25) is 0 Å². The zero-order chi connectivity index (χ0) is 12.4. The minimum atomic E-state index is 0.834. The fourth-order valence-corrected chi connectivity index (χ4v) is 3.25. The Kier molecular flexibility index (Phi) is 3.46. The summed E-state index contributed by atoms with van der Waals surface area (Å²) < 4.78 is 0. The number of piperidine rings is 1. The van der Waals surface area contributed by atoms with Crippen molar-refractivity contribution in [2.24, 2.45) is 5.92 Å². The second-order valence-corrected chi connectivity index (χ2v) is 5.46. The van der Waals surface area contributed by atoms with Crippen LogP contribution in [0.4, 0.5) is 5.82 Å². The molecular formula is C14H22N4. The van der Waals surface area contributed by atoms with E-state index in [-0.39, 0.29) is 0 Å². The fourth-order valence-electron chi connectivity index (χ4n) is 3.25. The summed E-state index contributed by atoms with van der Waals surface area (Å²) >= 11 is 0. The molecule has 3 rings (SSSR count). The Morgan fingerprint density at radius 1 is 1.28 bits per heavy atom. The summed E-state index contributed by atoms with van der Waals surface area (Å²) in [5, 5.41) is 3.29. The van der Waals surface area contributed by atoms with Crippen LogP contribution >= 0.6 is 0 Å². The smallest absolute Gasteiger partial charge is 0.135 e. The van der Waals surface area contributed by atoms with Gasteiger partial charge >= 0.3 is 0 Å². The summed E-state index contributed by atoms with van der Waals surface area (Å²) in [6.45, 7) is 3.45. The molecule has 4 nitrogen and oxygen atoms in total. The molecule has 98 valence electrons. The van der Waals surface area contributed by atoms with E-state index in [9.17, 15) is 0 Å². The van der Waals surface area contributed by atoms with Gasteiger partial charge in [-0.3, -0.25) is 0 Å². The minimum Gasteiger partial charge on any atom is -0.356 e. The van der Waals surface area contributed by atoms with Crippen LogP contribution in [0.3, 0.4) is 0 Å². The van der Waals surface area contributed by atoms with Crippen LogP contribution in [0, 0.1) is 5.92 Å². The first kappa shape index (κ1) is 11.9. The zero-order valence-corrected chi connectivity index (χ0v) is 11.2. The Bertz CT molecular complexity index is 410. The molecule has 1 saturated heterocycles. The minimum absolute atomic E-state index is 0.834. The summed E-state index contributed by atoms with van der Waals surface area (Å²) in [4.78, 5) is 11.4. The first-order chi connectivity index (χ1) is 8.88. The number of aryl methyl sites for hydroxylation is 1. The van der Waals surface area contributed by atoms with E-state index < -0.39 is 0 Å². The van der Waals surface area contributed by atoms with E-state index in [1.807, 2.05) is 7.05 Å². The van der Waals surface area contributed by atoms with Crippen molar-refractivity contribution in [3.05, 3.63) is 17.6 Å². The van der Waals surface area contributed by atoms with Gasteiger partial charge < -0.3 is 10.2 Å². The zero-order valence-electron chi connectivity index (χ0n) is 11.2. The van der Waals surface area contributed by atoms with Crippen LogP contribution in [-0.4, -0.2) is 36.6 Å². The van der Waals surface area contributed by atoms with Crippen LogP contribution in [0.5, 0.6) is 0 Å². The van der Waals surface area contributed by atoms with E-state index in [4.69, 9.17) is 0 Å². The molecule has 0 amide bonds. The molecular weight excluding hydrogens is 224 g/mol. The number of aromatic nitrogens is 2. The van der Waals surface area contributed by atoms with Crippen molar-refractivity contribution in [2.45, 2.75) is 32.1 Å². The summed E-state index contributed by atoms with van der Waals surface area (Å²) in [6, 6.07) is 0. The third-order valence-corrected chi connectivity index (χ3v) is 4.26. The second kappa shape index (κ2) is 5.22. The van der Waals surface area contributed by atoms with Crippen LogP contribution < -0.4 is 10.2 Å². The normalized spacial score (nSPS) is 20.2. The van der Waals surface area contributed by atoms with Crippen molar-refractivity contribution in [2.75, 3.05) is 31.6 Å². The van der Waals surface area contributed by atoms with Crippen LogP contribution in [0.1, 0.15) is 30.5 Å². The molecule has 2 aliphatic rings. The molecule has 2 heterocycles. The van der Waals surface area contributed by atoms with Crippen LogP contribution in [0.15, 0.2) is 6.33 Å². The summed E-state index contributed by atoms with van der Waals surface area (Å²) in [5.41, 5.74) is 2.71. The van der Waals surface area contributed by atoms with Crippen LogP contribution in [0.25, 0.3) is 0 Å². The van der Waals surface area contributed by atoms with Gasteiger partial charge in [0.25, 0.3) is 0 Å². The lowest BCUT2D eigenvalue weighted by atomic mass is 9.96. The second-order valence-electron chi connectivity index (χ2n) is 5.46. The number of rotatable bonds is 3. The fraction of sp³-hybridized carbons (Fsp3) is 0.714. The predicted molar refractivity (Wildman–Crippen MR) is 72.9 cm³/mol. The molecule has 1 N–H and O–H groups in total. The number of hydrogen-bond acceptors (Lipinski definition) is 4. The third kappa shape index (κ3) is 2.21. The largest absolute Gasteiger partial charge is 0.356 e. The molecule has 1 aliphatic heterocycles. The molecule has 0 aromatic carbocycles. The van der Waals surface area contributed by atoms with E-state index in [1.54, 1.807) is 6.33 Å². The first-order valence-electron chi connectivity index (χ1n) is 7.11. The van der Waals surface area contributed by atoms with E-state index in [1.165, 1.54) is 42.8 Å². The Balaban J connectivity index is 1.71. The van der Waals surface area contributed by atoms with E-state index in [0.717, 1.165) is 32.0 Å². The average Bonchev–Trinajstić information content (AvgIpc) is 2.88. The highest BCUT2D eigenvalue weighted by Gasteiger charge is 2.24. The highest BCUT2D eigenvalue weighted by molar-refractivity contribution is 5.50. The average molecular weight is 246 g/mol. The van der Waals surface area contributed by atoms with Gasteiger partial charge in [-0.25, -0.2) is 9.97 Å². The highest BCUT2D eigenvalue weighted by atomic mass is 15.2. The maximum atomic E-state index is 4.54. The Labute approximate surface area is 109 Å². The number of fused-ring (bicyclic) bond motifs is 1. The molecule has 1 aromatic rings. The number of nitrogens with zero attached hydrogens (tertiary/aromatic N) is 3. The van der Waals surface area contributed by atoms with Crippen molar-refractivity contribution in [1.82, 2.24) is 15.3 Å². The van der Waals surface area contributed by atoms with E-state index >= 15 is 0 Å². The van der Waals surface area contributed by atoms with E-state index in [0.29, 0.717) is 0 Å². The third-order valence-electron chi connectivity index (χ3n) is 4.26. The molecule has 0 atom stereocenters. The lowest BCUT2D eigenvalue weighted by Gasteiger charge is -2.33. The van der Waals surface area contributed by atoms with Gasteiger partial charge in [-0.15, -0.1) is 0 Å². The monoisotopic (exact) mass is 246 g/mol. The summed E-state index contributed by atoms with van der Waals surface area (Å²) in [5.74, 6) is 2.06. The van der Waals surface area contributed by atoms with Gasteiger partial charge in [-0.1, -0.05) is 0 Å². The topological polar surface area (TPSA) is 41.0 Å². The molecule has 0 saturated carbocycles. The van der Waals surface area contributed by atoms with Crippen molar-refractivity contribution in [1.29, 1.82) is 0 Å². The lowest BCUT2D eigenvalue weighted by molar-refractivity contribution is 0.392. The molecule has 0 radical (unpaired) electrons. The van der Waals surface area contributed by atoms with Gasteiger partial charge in [0, 0.05) is 24.3 Å². The van der Waals surface area contributed by atoms with Crippen molar-refractivity contribution in [3.8, 4) is 0 Å². The van der Waals surface area contributed by atoms with Crippen molar-refractivity contribution in [3.63, 3.8) is 0 Å². The molecule has 0 spiro atoms. The lowest BCUT2D eigenvalue weighted by Crippen LogP contribution is -2.37. The summed E-state index contributed by atoms with van der Waals surface area (Å²) in [7, 11) is 2.05. The van der Waals surface area contributed by atoms with E-state index in [2.05, 4.69) is 20.2 Å². The van der Waals surface area contributed by atoms with Gasteiger partial charge in [0.15, 0.2) is 0 Å².